The van der Waals surface area contributed by atoms with Gasteiger partial charge in [0.15, 0.2) is 0 Å². The van der Waals surface area contributed by atoms with Crippen molar-refractivity contribution in [3.8, 4) is 0 Å². The molecule has 3 atom stereocenters. The lowest BCUT2D eigenvalue weighted by Gasteiger charge is -2.32. The minimum atomic E-state index is -3.79. The number of aliphatic hydroxyl groups is 1. The lowest BCUT2D eigenvalue weighted by molar-refractivity contribution is -0.122. The second-order valence-electron chi connectivity index (χ2n) is 11.7. The zero-order chi connectivity index (χ0) is 30.7. The van der Waals surface area contributed by atoms with Crippen LogP contribution >= 0.6 is 0 Å². The topological polar surface area (TPSA) is 113 Å². The van der Waals surface area contributed by atoms with Gasteiger partial charge in [0.05, 0.1) is 17.5 Å². The summed E-state index contributed by atoms with van der Waals surface area (Å²) in [6.07, 6.45) is 1.78. The van der Waals surface area contributed by atoms with E-state index < -0.39 is 22.1 Å². The molecule has 8 heteroatoms. The molecule has 0 bridgehead atoms. The standard InChI is InChI=1S/C34H47N3O4S/c1-25(2)20-22-37(42(40,41)31-17-15-26(3)16-18-31)30(24-38)23-27(4)19-21-36-34(39)33(35)32(28-11-7-5-8-12-28)29-13-9-6-10-14-29/h5-18,25,27,30,32-33,38H,19-24,35H2,1-4H3,(H,36,39)/t27?,30-,33-/m0/s1. The minimum Gasteiger partial charge on any atom is -0.395 e. The molecule has 0 fully saturated rings. The van der Waals surface area contributed by atoms with E-state index in [9.17, 15) is 18.3 Å². The van der Waals surface area contributed by atoms with E-state index in [4.69, 9.17) is 5.73 Å². The van der Waals surface area contributed by atoms with Gasteiger partial charge in [-0.2, -0.15) is 4.31 Å². The molecule has 3 aromatic carbocycles. The molecular weight excluding hydrogens is 546 g/mol. The first-order chi connectivity index (χ1) is 20.0. The maximum Gasteiger partial charge on any atom is 0.243 e. The molecular formula is C34H47N3O4S. The van der Waals surface area contributed by atoms with E-state index >= 15 is 0 Å². The Kier molecular flexibility index (Phi) is 12.7. The molecule has 0 saturated heterocycles. The van der Waals surface area contributed by atoms with E-state index in [0.717, 1.165) is 16.7 Å². The molecule has 4 N–H and O–H groups in total. The Hall–Kier alpha value is -3.04. The van der Waals surface area contributed by atoms with Gasteiger partial charge in [-0.25, -0.2) is 8.42 Å². The number of rotatable bonds is 16. The Morgan fingerprint density at radius 2 is 1.43 bits per heavy atom. The summed E-state index contributed by atoms with van der Waals surface area (Å²) in [6, 6.07) is 25.1. The van der Waals surface area contributed by atoms with Crippen LogP contribution in [0.25, 0.3) is 0 Å². The quantitative estimate of drug-likeness (QED) is 0.214. The highest BCUT2D eigenvalue weighted by atomic mass is 32.2. The first-order valence-electron chi connectivity index (χ1n) is 14.9. The molecule has 228 valence electrons. The lowest BCUT2D eigenvalue weighted by atomic mass is 9.85. The molecule has 0 aliphatic rings. The Morgan fingerprint density at radius 3 is 1.93 bits per heavy atom. The normalized spacial score (nSPS) is 14.2. The maximum atomic E-state index is 13.7. The van der Waals surface area contributed by atoms with E-state index in [1.807, 2.05) is 74.5 Å². The predicted molar refractivity (Wildman–Crippen MR) is 170 cm³/mol. The second kappa shape index (κ2) is 16.0. The van der Waals surface area contributed by atoms with E-state index in [-0.39, 0.29) is 29.2 Å². The highest BCUT2D eigenvalue weighted by Crippen LogP contribution is 2.28. The molecule has 0 heterocycles. The summed E-state index contributed by atoms with van der Waals surface area (Å²) in [4.78, 5) is 13.4. The monoisotopic (exact) mass is 593 g/mol. The van der Waals surface area contributed by atoms with Gasteiger partial charge in [0.1, 0.15) is 0 Å². The molecule has 0 aliphatic heterocycles. The zero-order valence-electron chi connectivity index (χ0n) is 25.3. The molecule has 1 unspecified atom stereocenters. The molecule has 0 spiro atoms. The fourth-order valence-corrected chi connectivity index (χ4v) is 6.88. The maximum absolute atomic E-state index is 13.7. The molecule has 7 nitrogen and oxygen atoms in total. The molecule has 0 aliphatic carbocycles. The lowest BCUT2D eigenvalue weighted by Crippen LogP contribution is -2.46. The molecule has 1 amide bonds. The SMILES string of the molecule is Cc1ccc(S(=O)(=O)N(CCC(C)C)[C@H](CO)CC(C)CCNC(=O)[C@@H](N)C(c2ccccc2)c2ccccc2)cc1. The van der Waals surface area contributed by atoms with Gasteiger partial charge in [-0.3, -0.25) is 4.79 Å². The van der Waals surface area contributed by atoms with Crippen LogP contribution in [-0.2, 0) is 14.8 Å². The summed E-state index contributed by atoms with van der Waals surface area (Å²) in [5.74, 6) is -0.163. The number of aryl methyl sites for hydroxylation is 1. The first kappa shape index (κ1) is 33.5. The predicted octanol–water partition coefficient (Wildman–Crippen LogP) is 5.08. The van der Waals surface area contributed by atoms with Crippen molar-refractivity contribution in [2.24, 2.45) is 17.6 Å². The number of nitrogens with two attached hydrogens (primary N) is 1. The number of aliphatic hydroxyl groups excluding tert-OH is 1. The average Bonchev–Trinajstić information content (AvgIpc) is 2.97. The van der Waals surface area contributed by atoms with Gasteiger partial charge in [0, 0.05) is 25.0 Å². The van der Waals surface area contributed by atoms with Crippen LogP contribution in [0.15, 0.2) is 89.8 Å². The van der Waals surface area contributed by atoms with Crippen LogP contribution < -0.4 is 11.1 Å². The van der Waals surface area contributed by atoms with Crippen LogP contribution in [0.1, 0.15) is 62.6 Å². The van der Waals surface area contributed by atoms with Crippen molar-refractivity contribution in [2.75, 3.05) is 19.7 Å². The van der Waals surface area contributed by atoms with Gasteiger partial charge in [-0.1, -0.05) is 99.1 Å². The second-order valence-corrected chi connectivity index (χ2v) is 13.6. The fourth-order valence-electron chi connectivity index (χ4n) is 5.23. The number of amides is 1. The van der Waals surface area contributed by atoms with Crippen molar-refractivity contribution in [3.05, 3.63) is 102 Å². The highest BCUT2D eigenvalue weighted by molar-refractivity contribution is 7.89. The van der Waals surface area contributed by atoms with Crippen LogP contribution in [0, 0.1) is 18.8 Å². The fraction of sp³-hybridized carbons (Fsp3) is 0.441. The summed E-state index contributed by atoms with van der Waals surface area (Å²) < 4.78 is 28.8. The molecule has 3 rings (SSSR count). The molecule has 0 aromatic heterocycles. The van der Waals surface area contributed by atoms with Crippen molar-refractivity contribution in [1.82, 2.24) is 9.62 Å². The summed E-state index contributed by atoms with van der Waals surface area (Å²) in [6.45, 7) is 8.50. The van der Waals surface area contributed by atoms with Crippen molar-refractivity contribution in [3.63, 3.8) is 0 Å². The van der Waals surface area contributed by atoms with Crippen molar-refractivity contribution in [2.45, 2.75) is 69.9 Å². The molecule has 0 saturated carbocycles. The number of carbonyl (C=O) groups is 1. The van der Waals surface area contributed by atoms with E-state index in [1.54, 1.807) is 24.3 Å². The largest absolute Gasteiger partial charge is 0.395 e. The van der Waals surface area contributed by atoms with Gasteiger partial charge >= 0.3 is 0 Å². The van der Waals surface area contributed by atoms with Crippen LogP contribution in [0.3, 0.4) is 0 Å². The van der Waals surface area contributed by atoms with Gasteiger partial charge in [-0.15, -0.1) is 0 Å². The summed E-state index contributed by atoms with van der Waals surface area (Å²) in [7, 11) is -3.79. The Bertz CT molecular complexity index is 1290. The first-order valence-corrected chi connectivity index (χ1v) is 16.3. The van der Waals surface area contributed by atoms with Crippen molar-refractivity contribution in [1.29, 1.82) is 0 Å². The van der Waals surface area contributed by atoms with Gasteiger partial charge < -0.3 is 16.2 Å². The van der Waals surface area contributed by atoms with Crippen LogP contribution in [0.5, 0.6) is 0 Å². The number of sulfonamides is 1. The van der Waals surface area contributed by atoms with Crippen LogP contribution in [0.2, 0.25) is 0 Å². The number of nitrogens with one attached hydrogen (secondary N) is 1. The third-order valence-corrected chi connectivity index (χ3v) is 9.73. The minimum absolute atomic E-state index is 0.0486. The zero-order valence-corrected chi connectivity index (χ0v) is 26.1. The van der Waals surface area contributed by atoms with Gasteiger partial charge in [0.2, 0.25) is 15.9 Å². The summed E-state index contributed by atoms with van der Waals surface area (Å²) >= 11 is 0. The van der Waals surface area contributed by atoms with Crippen LogP contribution in [-0.4, -0.2) is 55.5 Å². The number of carbonyl (C=O) groups excluding carboxylic acids is 1. The highest BCUT2D eigenvalue weighted by Gasteiger charge is 2.32. The Morgan fingerprint density at radius 1 is 0.881 bits per heavy atom. The summed E-state index contributed by atoms with van der Waals surface area (Å²) in [5, 5.41) is 13.3. The molecule has 0 radical (unpaired) electrons. The van der Waals surface area contributed by atoms with E-state index in [1.165, 1.54) is 4.31 Å². The summed E-state index contributed by atoms with van der Waals surface area (Å²) in [5.41, 5.74) is 9.47. The van der Waals surface area contributed by atoms with Gasteiger partial charge in [-0.05, 0) is 61.3 Å². The number of hydrogen-bond acceptors (Lipinski definition) is 5. The van der Waals surface area contributed by atoms with Gasteiger partial charge in [0.25, 0.3) is 0 Å². The van der Waals surface area contributed by atoms with Crippen molar-refractivity contribution >= 4 is 15.9 Å². The number of nitrogens with zero attached hydrogens (tertiary/aromatic N) is 1. The molecule has 42 heavy (non-hydrogen) atoms. The third kappa shape index (κ3) is 9.23. The molecule has 3 aromatic rings. The average molecular weight is 594 g/mol. The van der Waals surface area contributed by atoms with Crippen LogP contribution in [0.4, 0.5) is 0 Å². The third-order valence-electron chi connectivity index (χ3n) is 7.76. The van der Waals surface area contributed by atoms with E-state index in [0.29, 0.717) is 38.3 Å². The Balaban J connectivity index is 1.65. The van der Waals surface area contributed by atoms with E-state index in [2.05, 4.69) is 19.2 Å². The smallest absolute Gasteiger partial charge is 0.243 e. The number of hydrogen-bond donors (Lipinski definition) is 3. The Labute approximate surface area is 252 Å². The number of benzene rings is 3. The van der Waals surface area contributed by atoms with Crippen molar-refractivity contribution < 1.29 is 18.3 Å².